The van der Waals surface area contributed by atoms with E-state index in [1.807, 2.05) is 7.05 Å². The van der Waals surface area contributed by atoms with Crippen molar-refractivity contribution in [3.8, 4) is 0 Å². The van der Waals surface area contributed by atoms with Crippen LogP contribution in [0, 0.1) is 0 Å². The molecule has 2 rings (SSSR count). The van der Waals surface area contributed by atoms with Crippen LogP contribution < -0.4 is 5.32 Å². The molecule has 1 saturated heterocycles. The quantitative estimate of drug-likeness (QED) is 0.818. The Morgan fingerprint density at radius 2 is 2.22 bits per heavy atom. The number of amides is 1. The molecular formula is C14H18N2O2. The van der Waals surface area contributed by atoms with E-state index < -0.39 is 0 Å². The van der Waals surface area contributed by atoms with E-state index in [4.69, 9.17) is 0 Å². The van der Waals surface area contributed by atoms with Crippen molar-refractivity contribution in [1.82, 2.24) is 10.2 Å². The summed E-state index contributed by atoms with van der Waals surface area (Å²) in [7, 11) is 1.81. The van der Waals surface area contributed by atoms with Crippen molar-refractivity contribution in [1.29, 1.82) is 0 Å². The number of carbonyl (C=O) groups is 2. The number of likely N-dealkylation sites (N-methyl/N-ethyl adjacent to an activating group) is 1. The van der Waals surface area contributed by atoms with Crippen molar-refractivity contribution in [2.24, 2.45) is 0 Å². The Morgan fingerprint density at radius 1 is 1.44 bits per heavy atom. The SMILES string of the molecule is CN(C(=O)c1ccccc1C=O)C1CCCNC1. The molecule has 0 spiro atoms. The fourth-order valence-electron chi connectivity index (χ4n) is 2.31. The van der Waals surface area contributed by atoms with Crippen LogP contribution in [0.3, 0.4) is 0 Å². The molecular weight excluding hydrogens is 228 g/mol. The predicted molar refractivity (Wildman–Crippen MR) is 69.8 cm³/mol. The molecule has 0 radical (unpaired) electrons. The number of nitrogens with one attached hydrogen (secondary N) is 1. The normalized spacial score (nSPS) is 19.3. The first-order valence-corrected chi connectivity index (χ1v) is 6.26. The lowest BCUT2D eigenvalue weighted by atomic mass is 10.0. The molecule has 1 aliphatic rings. The van der Waals surface area contributed by atoms with Crippen LogP contribution in [0.2, 0.25) is 0 Å². The highest BCUT2D eigenvalue weighted by molar-refractivity contribution is 6.01. The molecule has 4 nitrogen and oxygen atoms in total. The van der Waals surface area contributed by atoms with Crippen LogP contribution in [-0.4, -0.2) is 43.3 Å². The fourth-order valence-corrected chi connectivity index (χ4v) is 2.31. The van der Waals surface area contributed by atoms with Gasteiger partial charge in [0.25, 0.3) is 5.91 Å². The number of piperidine rings is 1. The summed E-state index contributed by atoms with van der Waals surface area (Å²) >= 11 is 0. The monoisotopic (exact) mass is 246 g/mol. The topological polar surface area (TPSA) is 49.4 Å². The summed E-state index contributed by atoms with van der Waals surface area (Å²) in [5.74, 6) is -0.0774. The zero-order valence-corrected chi connectivity index (χ0v) is 10.6. The summed E-state index contributed by atoms with van der Waals surface area (Å²) in [6.07, 6.45) is 2.83. The first-order chi connectivity index (χ1) is 8.74. The molecule has 4 heteroatoms. The van der Waals surface area contributed by atoms with Gasteiger partial charge in [-0.1, -0.05) is 18.2 Å². The van der Waals surface area contributed by atoms with E-state index in [1.54, 1.807) is 29.2 Å². The summed E-state index contributed by atoms with van der Waals surface area (Å²) in [6.45, 7) is 1.84. The molecule has 1 atom stereocenters. The Labute approximate surface area is 107 Å². The molecule has 1 aromatic rings. The third-order valence-corrected chi connectivity index (χ3v) is 3.46. The summed E-state index contributed by atoms with van der Waals surface area (Å²) in [4.78, 5) is 25.1. The molecule has 1 amide bonds. The van der Waals surface area contributed by atoms with Gasteiger partial charge in [-0.15, -0.1) is 0 Å². The predicted octanol–water partition coefficient (Wildman–Crippen LogP) is 1.32. The van der Waals surface area contributed by atoms with Crippen molar-refractivity contribution in [2.45, 2.75) is 18.9 Å². The number of hydrogen-bond acceptors (Lipinski definition) is 3. The smallest absolute Gasteiger partial charge is 0.254 e. The molecule has 96 valence electrons. The van der Waals surface area contributed by atoms with Crippen molar-refractivity contribution in [3.63, 3.8) is 0 Å². The fraction of sp³-hybridized carbons (Fsp3) is 0.429. The summed E-state index contributed by atoms with van der Waals surface area (Å²) in [5, 5.41) is 3.29. The standard InChI is InChI=1S/C14H18N2O2/c1-16(12-6-4-8-15-9-12)14(18)13-7-3-2-5-11(13)10-17/h2-3,5,7,10,12,15H,4,6,8-9H2,1H3. The molecule has 0 saturated carbocycles. The average Bonchev–Trinajstić information content (AvgIpc) is 2.46. The van der Waals surface area contributed by atoms with Gasteiger partial charge in [0, 0.05) is 25.2 Å². The van der Waals surface area contributed by atoms with E-state index in [-0.39, 0.29) is 11.9 Å². The van der Waals surface area contributed by atoms with Gasteiger partial charge in [0.1, 0.15) is 0 Å². The number of hydrogen-bond donors (Lipinski definition) is 1. The van der Waals surface area contributed by atoms with Gasteiger partial charge in [-0.2, -0.15) is 0 Å². The van der Waals surface area contributed by atoms with Crippen LogP contribution in [0.1, 0.15) is 33.6 Å². The van der Waals surface area contributed by atoms with Gasteiger partial charge < -0.3 is 10.2 Å². The van der Waals surface area contributed by atoms with Crippen LogP contribution in [0.5, 0.6) is 0 Å². The largest absolute Gasteiger partial charge is 0.337 e. The van der Waals surface area contributed by atoms with Crippen LogP contribution >= 0.6 is 0 Å². The molecule has 1 unspecified atom stereocenters. The number of benzene rings is 1. The molecule has 0 aromatic heterocycles. The zero-order valence-electron chi connectivity index (χ0n) is 10.6. The molecule has 0 bridgehead atoms. The second-order valence-corrected chi connectivity index (χ2v) is 4.62. The Morgan fingerprint density at radius 3 is 2.89 bits per heavy atom. The van der Waals surface area contributed by atoms with Crippen LogP contribution in [0.15, 0.2) is 24.3 Å². The van der Waals surface area contributed by atoms with Gasteiger partial charge >= 0.3 is 0 Å². The zero-order chi connectivity index (χ0) is 13.0. The van der Waals surface area contributed by atoms with Crippen molar-refractivity contribution < 1.29 is 9.59 Å². The minimum absolute atomic E-state index is 0.0774. The maximum absolute atomic E-state index is 12.4. The highest BCUT2D eigenvalue weighted by Gasteiger charge is 2.23. The highest BCUT2D eigenvalue weighted by Crippen LogP contribution is 2.14. The second kappa shape index (κ2) is 5.78. The van der Waals surface area contributed by atoms with Gasteiger partial charge in [0.05, 0.1) is 5.56 Å². The first-order valence-electron chi connectivity index (χ1n) is 6.26. The van der Waals surface area contributed by atoms with E-state index in [1.165, 1.54) is 0 Å². The first kappa shape index (κ1) is 12.8. The maximum atomic E-state index is 12.4. The third-order valence-electron chi connectivity index (χ3n) is 3.46. The summed E-state index contributed by atoms with van der Waals surface area (Å²) < 4.78 is 0. The van der Waals surface area contributed by atoms with E-state index in [0.29, 0.717) is 11.1 Å². The number of carbonyl (C=O) groups excluding carboxylic acids is 2. The van der Waals surface area contributed by atoms with E-state index >= 15 is 0 Å². The van der Waals surface area contributed by atoms with E-state index in [9.17, 15) is 9.59 Å². The lowest BCUT2D eigenvalue weighted by Gasteiger charge is -2.32. The maximum Gasteiger partial charge on any atom is 0.254 e. The summed E-state index contributed by atoms with van der Waals surface area (Å²) in [5.41, 5.74) is 0.943. The lowest BCUT2D eigenvalue weighted by Crippen LogP contribution is -2.46. The van der Waals surface area contributed by atoms with Gasteiger partial charge in [-0.3, -0.25) is 9.59 Å². The van der Waals surface area contributed by atoms with Gasteiger partial charge in [0.15, 0.2) is 6.29 Å². The Balaban J connectivity index is 2.16. The number of rotatable bonds is 3. The van der Waals surface area contributed by atoms with E-state index in [2.05, 4.69) is 5.32 Å². The molecule has 1 N–H and O–H groups in total. The van der Waals surface area contributed by atoms with Crippen molar-refractivity contribution >= 4 is 12.2 Å². The summed E-state index contributed by atoms with van der Waals surface area (Å²) in [6, 6.07) is 7.15. The Kier molecular flexibility index (Phi) is 4.10. The molecule has 1 aromatic carbocycles. The Bertz CT molecular complexity index is 439. The van der Waals surface area contributed by atoms with Crippen molar-refractivity contribution in [2.75, 3.05) is 20.1 Å². The minimum Gasteiger partial charge on any atom is -0.337 e. The van der Waals surface area contributed by atoms with Crippen LogP contribution in [-0.2, 0) is 0 Å². The van der Waals surface area contributed by atoms with E-state index in [0.717, 1.165) is 32.2 Å². The minimum atomic E-state index is -0.0774. The molecule has 1 fully saturated rings. The number of nitrogens with zero attached hydrogens (tertiary/aromatic N) is 1. The van der Waals surface area contributed by atoms with Gasteiger partial charge in [0.2, 0.25) is 0 Å². The Hall–Kier alpha value is -1.68. The van der Waals surface area contributed by atoms with Gasteiger partial charge in [-0.05, 0) is 25.5 Å². The molecule has 18 heavy (non-hydrogen) atoms. The second-order valence-electron chi connectivity index (χ2n) is 4.62. The highest BCUT2D eigenvalue weighted by atomic mass is 16.2. The van der Waals surface area contributed by atoms with Gasteiger partial charge in [-0.25, -0.2) is 0 Å². The number of aldehydes is 1. The average molecular weight is 246 g/mol. The van der Waals surface area contributed by atoms with Crippen molar-refractivity contribution in [3.05, 3.63) is 35.4 Å². The lowest BCUT2D eigenvalue weighted by molar-refractivity contribution is 0.0705. The van der Waals surface area contributed by atoms with Crippen LogP contribution in [0.4, 0.5) is 0 Å². The molecule has 1 heterocycles. The van der Waals surface area contributed by atoms with Crippen LogP contribution in [0.25, 0.3) is 0 Å². The molecule has 1 aliphatic heterocycles. The molecule has 0 aliphatic carbocycles. The third kappa shape index (κ3) is 2.59.